The SMILES string of the molecule is Cc1cc2nc(Cc3ccc(NC(=O)/C=C/c4ccc(Cl)cc4)cc3)oc2cc1C. The zero-order chi connectivity index (χ0) is 21.1. The summed E-state index contributed by atoms with van der Waals surface area (Å²) in [4.78, 5) is 16.7. The zero-order valence-corrected chi connectivity index (χ0v) is 17.5. The molecule has 4 rings (SSSR count). The van der Waals surface area contributed by atoms with E-state index in [1.165, 1.54) is 17.2 Å². The zero-order valence-electron chi connectivity index (χ0n) is 16.8. The first-order valence-corrected chi connectivity index (χ1v) is 10.0. The van der Waals surface area contributed by atoms with Gasteiger partial charge in [-0.15, -0.1) is 0 Å². The fourth-order valence-corrected chi connectivity index (χ4v) is 3.24. The number of hydrogen-bond donors (Lipinski definition) is 1. The third-order valence-corrected chi connectivity index (χ3v) is 5.17. The monoisotopic (exact) mass is 416 g/mol. The van der Waals surface area contributed by atoms with E-state index in [1.54, 1.807) is 18.2 Å². The smallest absolute Gasteiger partial charge is 0.248 e. The third-order valence-electron chi connectivity index (χ3n) is 4.92. The Labute approximate surface area is 180 Å². The molecule has 1 N–H and O–H groups in total. The lowest BCUT2D eigenvalue weighted by Gasteiger charge is -2.04. The van der Waals surface area contributed by atoms with Gasteiger partial charge in [-0.3, -0.25) is 4.79 Å². The molecule has 3 aromatic carbocycles. The number of halogens is 1. The summed E-state index contributed by atoms with van der Waals surface area (Å²) in [6, 6.07) is 19.0. The molecule has 0 unspecified atom stereocenters. The fraction of sp³-hybridized carbons (Fsp3) is 0.120. The quantitative estimate of drug-likeness (QED) is 0.386. The van der Waals surface area contributed by atoms with Gasteiger partial charge in [-0.05, 0) is 78.6 Å². The molecule has 0 bridgehead atoms. The summed E-state index contributed by atoms with van der Waals surface area (Å²) in [5, 5.41) is 3.52. The highest BCUT2D eigenvalue weighted by Crippen LogP contribution is 2.22. The number of hydrogen-bond acceptors (Lipinski definition) is 3. The van der Waals surface area contributed by atoms with Gasteiger partial charge in [0.05, 0.1) is 0 Å². The van der Waals surface area contributed by atoms with E-state index in [-0.39, 0.29) is 5.91 Å². The minimum absolute atomic E-state index is 0.192. The highest BCUT2D eigenvalue weighted by molar-refractivity contribution is 6.30. The minimum atomic E-state index is -0.192. The van der Waals surface area contributed by atoms with E-state index in [9.17, 15) is 4.79 Å². The summed E-state index contributed by atoms with van der Waals surface area (Å²) < 4.78 is 5.89. The Hall–Kier alpha value is -3.37. The molecule has 0 spiro atoms. The molecule has 0 fully saturated rings. The molecular formula is C25H21ClN2O2. The molecule has 1 heterocycles. The van der Waals surface area contributed by atoms with E-state index in [0.717, 1.165) is 27.9 Å². The van der Waals surface area contributed by atoms with Crippen LogP contribution in [0, 0.1) is 13.8 Å². The fourth-order valence-electron chi connectivity index (χ4n) is 3.11. The van der Waals surface area contributed by atoms with E-state index >= 15 is 0 Å². The summed E-state index contributed by atoms with van der Waals surface area (Å²) in [6.07, 6.45) is 3.84. The van der Waals surface area contributed by atoms with Crippen molar-refractivity contribution in [2.45, 2.75) is 20.3 Å². The van der Waals surface area contributed by atoms with Crippen molar-refractivity contribution in [3.05, 3.63) is 99.9 Å². The Morgan fingerprint density at radius 1 is 1.03 bits per heavy atom. The van der Waals surface area contributed by atoms with Crippen LogP contribution in [0.1, 0.15) is 28.1 Å². The minimum Gasteiger partial charge on any atom is -0.440 e. The molecule has 30 heavy (non-hydrogen) atoms. The molecule has 4 aromatic rings. The third kappa shape index (κ3) is 4.78. The molecule has 150 valence electrons. The standard InChI is InChI=1S/C25H21ClN2O2/c1-16-13-22-23(14-17(16)2)30-25(28-22)15-19-5-10-21(11-6-19)27-24(29)12-7-18-3-8-20(26)9-4-18/h3-14H,15H2,1-2H3,(H,27,29)/b12-7+. The van der Waals surface area contributed by atoms with Crippen molar-refractivity contribution in [1.82, 2.24) is 4.98 Å². The highest BCUT2D eigenvalue weighted by atomic mass is 35.5. The Kier molecular flexibility index (Phi) is 5.68. The molecule has 1 aromatic heterocycles. The van der Waals surface area contributed by atoms with Gasteiger partial charge >= 0.3 is 0 Å². The second-order valence-electron chi connectivity index (χ2n) is 7.26. The number of anilines is 1. The summed E-state index contributed by atoms with van der Waals surface area (Å²) >= 11 is 5.87. The van der Waals surface area contributed by atoms with Crippen LogP contribution in [-0.2, 0) is 11.2 Å². The first kappa shape index (κ1) is 19.9. The predicted octanol–water partition coefficient (Wildman–Crippen LogP) is 6.34. The van der Waals surface area contributed by atoms with Gasteiger partial charge < -0.3 is 9.73 Å². The molecule has 4 nitrogen and oxygen atoms in total. The first-order valence-electron chi connectivity index (χ1n) is 9.66. The van der Waals surface area contributed by atoms with E-state index in [4.69, 9.17) is 16.0 Å². The van der Waals surface area contributed by atoms with Crippen molar-refractivity contribution in [2.75, 3.05) is 5.32 Å². The van der Waals surface area contributed by atoms with E-state index in [0.29, 0.717) is 17.3 Å². The number of amides is 1. The van der Waals surface area contributed by atoms with Crippen molar-refractivity contribution < 1.29 is 9.21 Å². The van der Waals surface area contributed by atoms with Crippen LogP contribution in [0.3, 0.4) is 0 Å². The van der Waals surface area contributed by atoms with E-state index in [1.807, 2.05) is 48.5 Å². The Balaban J connectivity index is 1.39. The van der Waals surface area contributed by atoms with Gasteiger partial charge in [-0.25, -0.2) is 4.98 Å². The van der Waals surface area contributed by atoms with Crippen LogP contribution in [0.4, 0.5) is 5.69 Å². The lowest BCUT2D eigenvalue weighted by atomic mass is 10.1. The van der Waals surface area contributed by atoms with Gasteiger partial charge in [0.2, 0.25) is 5.91 Å². The Morgan fingerprint density at radius 3 is 2.47 bits per heavy atom. The van der Waals surface area contributed by atoms with E-state index in [2.05, 4.69) is 24.1 Å². The van der Waals surface area contributed by atoms with Crippen LogP contribution in [-0.4, -0.2) is 10.9 Å². The summed E-state index contributed by atoms with van der Waals surface area (Å²) in [5.74, 6) is 0.486. The maximum absolute atomic E-state index is 12.1. The van der Waals surface area contributed by atoms with E-state index < -0.39 is 0 Å². The number of rotatable bonds is 5. The average molecular weight is 417 g/mol. The van der Waals surface area contributed by atoms with Gasteiger partial charge in [-0.1, -0.05) is 35.9 Å². The molecule has 0 saturated heterocycles. The molecule has 0 radical (unpaired) electrons. The van der Waals surface area contributed by atoms with Crippen LogP contribution in [0.15, 0.2) is 71.2 Å². The second kappa shape index (κ2) is 8.56. The topological polar surface area (TPSA) is 55.1 Å². The maximum atomic E-state index is 12.1. The van der Waals surface area contributed by atoms with Crippen molar-refractivity contribution in [2.24, 2.45) is 0 Å². The maximum Gasteiger partial charge on any atom is 0.248 e. The number of oxazole rings is 1. The number of benzene rings is 3. The van der Waals surface area contributed by atoms with Crippen molar-refractivity contribution >= 4 is 40.4 Å². The number of carbonyl (C=O) groups is 1. The molecule has 1 amide bonds. The molecule has 5 heteroatoms. The lowest BCUT2D eigenvalue weighted by Crippen LogP contribution is -2.07. The van der Waals surface area contributed by atoms with Gasteiger partial charge in [0.15, 0.2) is 11.5 Å². The van der Waals surface area contributed by atoms with Crippen LogP contribution in [0.2, 0.25) is 5.02 Å². The molecule has 0 saturated carbocycles. The number of nitrogens with one attached hydrogen (secondary N) is 1. The highest BCUT2D eigenvalue weighted by Gasteiger charge is 2.09. The van der Waals surface area contributed by atoms with Crippen molar-refractivity contribution in [1.29, 1.82) is 0 Å². The Bertz CT molecular complexity index is 1180. The number of aromatic nitrogens is 1. The van der Waals surface area contributed by atoms with Crippen LogP contribution in [0.5, 0.6) is 0 Å². The summed E-state index contributed by atoms with van der Waals surface area (Å²) in [5.41, 5.74) is 6.78. The van der Waals surface area contributed by atoms with Gasteiger partial charge in [0.25, 0.3) is 0 Å². The Morgan fingerprint density at radius 2 is 1.73 bits per heavy atom. The second-order valence-corrected chi connectivity index (χ2v) is 7.70. The number of carbonyl (C=O) groups excluding carboxylic acids is 1. The number of aryl methyl sites for hydroxylation is 2. The summed E-state index contributed by atoms with van der Waals surface area (Å²) in [7, 11) is 0. The van der Waals surface area contributed by atoms with Gasteiger partial charge in [0.1, 0.15) is 5.52 Å². The molecule has 0 aliphatic rings. The van der Waals surface area contributed by atoms with Crippen LogP contribution >= 0.6 is 11.6 Å². The lowest BCUT2D eigenvalue weighted by molar-refractivity contribution is -0.111. The largest absolute Gasteiger partial charge is 0.440 e. The van der Waals surface area contributed by atoms with Gasteiger partial charge in [-0.2, -0.15) is 0 Å². The van der Waals surface area contributed by atoms with Gasteiger partial charge in [0, 0.05) is 23.2 Å². The summed E-state index contributed by atoms with van der Waals surface area (Å²) in [6.45, 7) is 4.13. The molecule has 0 aliphatic heterocycles. The van der Waals surface area contributed by atoms with Crippen LogP contribution in [0.25, 0.3) is 17.2 Å². The average Bonchev–Trinajstić information content (AvgIpc) is 3.10. The first-order chi connectivity index (χ1) is 14.5. The van der Waals surface area contributed by atoms with Crippen LogP contribution < -0.4 is 5.32 Å². The normalized spacial score (nSPS) is 11.3. The predicted molar refractivity (Wildman–Crippen MR) is 122 cm³/mol. The molecule has 0 aliphatic carbocycles. The molecular weight excluding hydrogens is 396 g/mol. The molecule has 0 atom stereocenters. The van der Waals surface area contributed by atoms with Crippen molar-refractivity contribution in [3.8, 4) is 0 Å². The number of fused-ring (bicyclic) bond motifs is 1. The van der Waals surface area contributed by atoms with Crippen molar-refractivity contribution in [3.63, 3.8) is 0 Å². The number of nitrogens with zero attached hydrogens (tertiary/aromatic N) is 1.